The fraction of sp³-hybridized carbons (Fsp3) is 0.265. The third-order valence-corrected chi connectivity index (χ3v) is 8.14. The molecule has 1 saturated heterocycles. The van der Waals surface area contributed by atoms with Crippen LogP contribution in [0.4, 0.5) is 32.1 Å². The summed E-state index contributed by atoms with van der Waals surface area (Å²) in [6, 6.07) is 11.4. The lowest BCUT2D eigenvalue weighted by molar-refractivity contribution is 0.0981. The van der Waals surface area contributed by atoms with Crippen LogP contribution in [0.15, 0.2) is 72.1 Å². The molecule has 2 aromatic carbocycles. The van der Waals surface area contributed by atoms with Gasteiger partial charge in [-0.1, -0.05) is 12.1 Å². The van der Waals surface area contributed by atoms with Crippen molar-refractivity contribution in [3.63, 3.8) is 0 Å². The summed E-state index contributed by atoms with van der Waals surface area (Å²) < 4.78 is 34.9. The zero-order valence-corrected chi connectivity index (χ0v) is 27.5. The number of halogens is 2. The average molecular weight is 684 g/mol. The molecule has 3 N–H and O–H groups in total. The summed E-state index contributed by atoms with van der Waals surface area (Å²) in [5.41, 5.74) is 7.83. The Kier molecular flexibility index (Phi) is 10.2. The molecule has 1 fully saturated rings. The van der Waals surface area contributed by atoms with Gasteiger partial charge in [0, 0.05) is 50.2 Å². The van der Waals surface area contributed by atoms with E-state index in [1.807, 2.05) is 12.1 Å². The van der Waals surface area contributed by atoms with Crippen LogP contribution in [-0.4, -0.2) is 85.3 Å². The molecule has 0 radical (unpaired) electrons. The smallest absolute Gasteiger partial charge is 0.264 e. The standard InChI is InChI=1S/C34H35F2N11O3/c1-44-13-15-45(16-14-44)24-10-8-23(9-11-24)40-34-42-33(37)47(43-34)31-29(50-2)19-39-30(41-31)6-4-3-5-28(48)25-18-38-21-46(32(25)49)20-22-7-12-26(35)27(36)17-22/h4,6-12,17-19,21H,3,5,13-16,20H2,1-2H3,(H3,37,40,42,43)/b6-4+. The highest BCUT2D eigenvalue weighted by molar-refractivity contribution is 5.95. The van der Waals surface area contributed by atoms with Crippen molar-refractivity contribution in [2.75, 3.05) is 56.3 Å². The molecule has 16 heteroatoms. The normalized spacial score (nSPS) is 13.6. The second kappa shape index (κ2) is 15.0. The predicted molar refractivity (Wildman–Crippen MR) is 184 cm³/mol. The summed E-state index contributed by atoms with van der Waals surface area (Å²) in [4.78, 5) is 47.6. The van der Waals surface area contributed by atoms with E-state index in [1.165, 1.54) is 41.1 Å². The number of hydrogen-bond acceptors (Lipinski definition) is 12. The Morgan fingerprint density at radius 1 is 1.04 bits per heavy atom. The number of rotatable bonds is 12. The summed E-state index contributed by atoms with van der Waals surface area (Å²) in [6.07, 6.45) is 7.51. The molecule has 0 aliphatic carbocycles. The first-order valence-electron chi connectivity index (χ1n) is 15.8. The average Bonchev–Trinajstić information content (AvgIpc) is 3.48. The molecule has 0 unspecified atom stereocenters. The second-order valence-electron chi connectivity index (χ2n) is 11.6. The summed E-state index contributed by atoms with van der Waals surface area (Å²) >= 11 is 0. The molecule has 5 aromatic rings. The van der Waals surface area contributed by atoms with Crippen LogP contribution in [0.3, 0.4) is 0 Å². The lowest BCUT2D eigenvalue weighted by Crippen LogP contribution is -2.44. The van der Waals surface area contributed by atoms with Crippen molar-refractivity contribution < 1.29 is 18.3 Å². The van der Waals surface area contributed by atoms with Gasteiger partial charge in [0.25, 0.3) is 5.56 Å². The van der Waals surface area contributed by atoms with Crippen molar-refractivity contribution >= 4 is 35.1 Å². The molecular formula is C34H35F2N11O3. The molecule has 0 atom stereocenters. The van der Waals surface area contributed by atoms with Crippen LogP contribution >= 0.6 is 0 Å². The van der Waals surface area contributed by atoms with Crippen LogP contribution in [0.1, 0.15) is 34.6 Å². The Hall–Kier alpha value is -6.03. The zero-order valence-electron chi connectivity index (χ0n) is 27.5. The van der Waals surface area contributed by atoms with Gasteiger partial charge in [0.15, 0.2) is 29.0 Å². The summed E-state index contributed by atoms with van der Waals surface area (Å²) in [5, 5.41) is 7.67. The topological polar surface area (TPSA) is 162 Å². The number of methoxy groups -OCH3 is 1. The van der Waals surface area contributed by atoms with E-state index < -0.39 is 23.0 Å². The molecule has 14 nitrogen and oxygen atoms in total. The van der Waals surface area contributed by atoms with Crippen molar-refractivity contribution in [2.24, 2.45) is 0 Å². The van der Waals surface area contributed by atoms with Crippen LogP contribution in [0.25, 0.3) is 11.9 Å². The van der Waals surface area contributed by atoms with E-state index in [1.54, 1.807) is 12.2 Å². The number of allylic oxidation sites excluding steroid dienone is 1. The number of likely N-dealkylation sites (N-methyl/N-ethyl adjacent to an activating group) is 1. The second-order valence-corrected chi connectivity index (χ2v) is 11.6. The molecule has 0 amide bonds. The van der Waals surface area contributed by atoms with Gasteiger partial charge in [-0.2, -0.15) is 9.67 Å². The van der Waals surface area contributed by atoms with Gasteiger partial charge in [0.05, 0.1) is 26.2 Å². The molecule has 0 bridgehead atoms. The lowest BCUT2D eigenvalue weighted by Gasteiger charge is -2.34. The van der Waals surface area contributed by atoms with E-state index in [0.717, 1.165) is 49.7 Å². The fourth-order valence-electron chi connectivity index (χ4n) is 5.36. The Balaban J connectivity index is 1.09. The van der Waals surface area contributed by atoms with E-state index in [4.69, 9.17) is 10.5 Å². The summed E-state index contributed by atoms with van der Waals surface area (Å²) in [7, 11) is 3.60. The third-order valence-electron chi connectivity index (χ3n) is 8.14. The number of carbonyl (C=O) groups is 1. The van der Waals surface area contributed by atoms with Crippen LogP contribution < -0.4 is 26.2 Å². The van der Waals surface area contributed by atoms with Crippen molar-refractivity contribution in [2.45, 2.75) is 19.4 Å². The van der Waals surface area contributed by atoms with Crippen LogP contribution in [-0.2, 0) is 6.54 Å². The maximum absolute atomic E-state index is 13.6. The number of nitrogen functional groups attached to an aromatic ring is 1. The summed E-state index contributed by atoms with van der Waals surface area (Å²) in [5.74, 6) is -1.22. The van der Waals surface area contributed by atoms with Crippen LogP contribution in [0.5, 0.6) is 5.75 Å². The highest BCUT2D eigenvalue weighted by atomic mass is 19.2. The molecule has 4 heterocycles. The summed E-state index contributed by atoms with van der Waals surface area (Å²) in [6.45, 7) is 3.92. The Morgan fingerprint density at radius 3 is 2.56 bits per heavy atom. The van der Waals surface area contributed by atoms with Gasteiger partial charge >= 0.3 is 0 Å². The number of benzene rings is 2. The van der Waals surface area contributed by atoms with Crippen molar-refractivity contribution in [3.05, 3.63) is 106 Å². The third kappa shape index (κ3) is 7.81. The van der Waals surface area contributed by atoms with E-state index in [2.05, 4.69) is 59.3 Å². The minimum Gasteiger partial charge on any atom is -0.491 e. The van der Waals surface area contributed by atoms with E-state index in [0.29, 0.717) is 17.1 Å². The largest absolute Gasteiger partial charge is 0.491 e. The highest BCUT2D eigenvalue weighted by Crippen LogP contribution is 2.25. The highest BCUT2D eigenvalue weighted by Gasteiger charge is 2.18. The van der Waals surface area contributed by atoms with Gasteiger partial charge in [0.1, 0.15) is 5.56 Å². The molecule has 1 aliphatic rings. The first-order valence-corrected chi connectivity index (χ1v) is 15.8. The zero-order chi connectivity index (χ0) is 35.2. The van der Waals surface area contributed by atoms with Crippen molar-refractivity contribution in [1.82, 2.24) is 39.2 Å². The number of ether oxygens (including phenoxy) is 1. The molecule has 0 spiro atoms. The number of nitrogens with one attached hydrogen (secondary N) is 1. The SMILES string of the molecule is COc1cnc(/C=C/CCC(=O)c2cncn(Cc3ccc(F)c(F)c3)c2=O)nc1-n1nc(Nc2ccc(N3CCN(C)CC3)cc2)nc1N. The Morgan fingerprint density at radius 2 is 1.82 bits per heavy atom. The number of aromatic nitrogens is 7. The van der Waals surface area contributed by atoms with E-state index in [9.17, 15) is 18.4 Å². The van der Waals surface area contributed by atoms with Gasteiger partial charge in [-0.15, -0.1) is 5.10 Å². The lowest BCUT2D eigenvalue weighted by atomic mass is 10.1. The van der Waals surface area contributed by atoms with Crippen LogP contribution in [0.2, 0.25) is 0 Å². The monoisotopic (exact) mass is 683 g/mol. The van der Waals surface area contributed by atoms with E-state index in [-0.39, 0.29) is 42.7 Å². The Bertz CT molecular complexity index is 2070. The minimum absolute atomic E-state index is 0.00697. The number of ketones is 1. The maximum atomic E-state index is 13.6. The number of piperazine rings is 1. The molecule has 258 valence electrons. The number of hydrogen-bond donors (Lipinski definition) is 2. The molecule has 6 rings (SSSR count). The maximum Gasteiger partial charge on any atom is 0.264 e. The Labute approximate surface area is 285 Å². The fourth-order valence-corrected chi connectivity index (χ4v) is 5.36. The molecular weight excluding hydrogens is 648 g/mol. The molecule has 50 heavy (non-hydrogen) atoms. The molecule has 3 aromatic heterocycles. The van der Waals surface area contributed by atoms with Gasteiger partial charge in [-0.3, -0.25) is 14.2 Å². The number of nitrogens with two attached hydrogens (primary N) is 1. The van der Waals surface area contributed by atoms with Gasteiger partial charge in [-0.25, -0.2) is 23.7 Å². The quantitative estimate of drug-likeness (QED) is 0.184. The van der Waals surface area contributed by atoms with E-state index >= 15 is 0 Å². The van der Waals surface area contributed by atoms with Crippen molar-refractivity contribution in [1.29, 1.82) is 0 Å². The number of Topliss-reactive ketones (excluding diaryl/α,β-unsaturated/α-hetero) is 1. The number of anilines is 4. The van der Waals surface area contributed by atoms with Gasteiger partial charge in [-0.05, 0) is 61.5 Å². The number of carbonyl (C=O) groups excluding carboxylic acids is 1. The number of nitrogens with zero attached hydrogens (tertiary/aromatic N) is 9. The minimum atomic E-state index is -1.03. The predicted octanol–water partition coefficient (Wildman–Crippen LogP) is 3.70. The first kappa shape index (κ1) is 33.9. The van der Waals surface area contributed by atoms with Gasteiger partial charge < -0.3 is 25.6 Å². The first-order chi connectivity index (χ1) is 24.2. The molecule has 1 aliphatic heterocycles. The van der Waals surface area contributed by atoms with Crippen LogP contribution in [0, 0.1) is 11.6 Å². The molecule has 0 saturated carbocycles. The van der Waals surface area contributed by atoms with Crippen molar-refractivity contribution in [3.8, 4) is 11.6 Å². The van der Waals surface area contributed by atoms with Gasteiger partial charge in [0.2, 0.25) is 17.7 Å².